The largest absolute Gasteiger partial charge is 0.454 e. The van der Waals surface area contributed by atoms with E-state index in [9.17, 15) is 9.59 Å². The second-order valence-corrected chi connectivity index (χ2v) is 8.04. The van der Waals surface area contributed by atoms with Crippen molar-refractivity contribution in [1.29, 1.82) is 0 Å². The molecule has 0 aromatic heterocycles. The molecule has 0 saturated carbocycles. The molecule has 1 heterocycles. The van der Waals surface area contributed by atoms with Crippen LogP contribution in [-0.2, 0) is 11.2 Å². The maximum Gasteiger partial charge on any atom is 0.267 e. The van der Waals surface area contributed by atoms with E-state index in [4.69, 9.17) is 9.47 Å². The molecular formula is C25H21BrN2O4. The quantitative estimate of drug-likeness (QED) is 0.481. The number of nitrogens with one attached hydrogen (secondary N) is 2. The van der Waals surface area contributed by atoms with Gasteiger partial charge in [0.15, 0.2) is 11.5 Å². The first-order valence-electron chi connectivity index (χ1n) is 10.1. The van der Waals surface area contributed by atoms with Crippen LogP contribution in [0.3, 0.4) is 0 Å². The van der Waals surface area contributed by atoms with Crippen LogP contribution in [0.4, 0.5) is 0 Å². The van der Waals surface area contributed by atoms with Gasteiger partial charge in [-0.25, -0.2) is 0 Å². The van der Waals surface area contributed by atoms with E-state index in [1.807, 2.05) is 36.4 Å². The lowest BCUT2D eigenvalue weighted by Gasteiger charge is -2.12. The summed E-state index contributed by atoms with van der Waals surface area (Å²) in [5.41, 5.74) is 2.40. The van der Waals surface area contributed by atoms with E-state index in [0.717, 1.165) is 10.0 Å². The predicted molar refractivity (Wildman–Crippen MR) is 125 cm³/mol. The molecule has 162 valence electrons. The third kappa shape index (κ3) is 5.56. The molecule has 4 rings (SSSR count). The van der Waals surface area contributed by atoms with Gasteiger partial charge in [0.05, 0.1) is 0 Å². The van der Waals surface area contributed by atoms with Gasteiger partial charge in [0.2, 0.25) is 6.79 Å². The Bertz CT molecular complexity index is 1160. The molecule has 6 nitrogen and oxygen atoms in total. The van der Waals surface area contributed by atoms with Crippen LogP contribution < -0.4 is 20.1 Å². The number of ether oxygens (including phenoxy) is 2. The highest BCUT2D eigenvalue weighted by atomic mass is 79.9. The zero-order valence-electron chi connectivity index (χ0n) is 17.1. The van der Waals surface area contributed by atoms with Gasteiger partial charge in [0.25, 0.3) is 11.8 Å². The minimum atomic E-state index is -0.378. The molecule has 0 unspecified atom stereocenters. The second-order valence-electron chi connectivity index (χ2n) is 7.13. The zero-order valence-corrected chi connectivity index (χ0v) is 18.7. The molecule has 1 aliphatic heterocycles. The zero-order chi connectivity index (χ0) is 22.3. The Balaban J connectivity index is 1.52. The fourth-order valence-electron chi connectivity index (χ4n) is 3.21. The predicted octanol–water partition coefficient (Wildman–Crippen LogP) is 4.31. The number of benzene rings is 3. The fourth-order valence-corrected chi connectivity index (χ4v) is 3.61. The first-order valence-corrected chi connectivity index (χ1v) is 10.9. The van der Waals surface area contributed by atoms with Crippen molar-refractivity contribution in [3.63, 3.8) is 0 Å². The topological polar surface area (TPSA) is 76.7 Å². The molecule has 2 N–H and O–H groups in total. The van der Waals surface area contributed by atoms with Crippen molar-refractivity contribution in [3.8, 4) is 11.5 Å². The molecule has 0 saturated heterocycles. The Labute approximate surface area is 194 Å². The summed E-state index contributed by atoms with van der Waals surface area (Å²) in [5.74, 6) is 0.494. The maximum atomic E-state index is 12.9. The molecule has 3 aromatic carbocycles. The highest BCUT2D eigenvalue weighted by Gasteiger charge is 2.17. The van der Waals surface area contributed by atoms with Crippen LogP contribution in [0.25, 0.3) is 6.08 Å². The van der Waals surface area contributed by atoms with Gasteiger partial charge in [-0.05, 0) is 54.0 Å². The average Bonchev–Trinajstić information content (AvgIpc) is 3.27. The van der Waals surface area contributed by atoms with E-state index >= 15 is 0 Å². The van der Waals surface area contributed by atoms with Gasteiger partial charge in [-0.15, -0.1) is 0 Å². The maximum absolute atomic E-state index is 12.9. The number of rotatable bonds is 7. The summed E-state index contributed by atoms with van der Waals surface area (Å²) in [6.45, 7) is 0.600. The Kier molecular flexibility index (Phi) is 6.87. The number of carbonyl (C=O) groups is 2. The van der Waals surface area contributed by atoms with Gasteiger partial charge in [-0.2, -0.15) is 0 Å². The number of carbonyl (C=O) groups excluding carboxylic acids is 2. The number of halogens is 1. The molecule has 0 atom stereocenters. The van der Waals surface area contributed by atoms with E-state index in [1.165, 1.54) is 0 Å². The van der Waals surface area contributed by atoms with E-state index in [0.29, 0.717) is 35.6 Å². The van der Waals surface area contributed by atoms with Crippen LogP contribution in [0.1, 0.15) is 21.5 Å². The van der Waals surface area contributed by atoms with Gasteiger partial charge < -0.3 is 20.1 Å². The lowest BCUT2D eigenvalue weighted by atomic mass is 10.1. The molecule has 7 heteroatoms. The highest BCUT2D eigenvalue weighted by Crippen LogP contribution is 2.33. The third-order valence-corrected chi connectivity index (χ3v) is 5.32. The third-order valence-electron chi connectivity index (χ3n) is 4.83. The monoisotopic (exact) mass is 492 g/mol. The Morgan fingerprint density at radius 2 is 1.75 bits per heavy atom. The van der Waals surface area contributed by atoms with Crippen LogP contribution in [0, 0.1) is 0 Å². The van der Waals surface area contributed by atoms with Gasteiger partial charge >= 0.3 is 0 Å². The molecule has 3 aromatic rings. The van der Waals surface area contributed by atoms with Crippen molar-refractivity contribution < 1.29 is 19.1 Å². The summed E-state index contributed by atoms with van der Waals surface area (Å²) in [7, 11) is 0. The number of fused-ring (bicyclic) bond motifs is 1. The van der Waals surface area contributed by atoms with Crippen molar-refractivity contribution in [3.05, 3.63) is 99.7 Å². The van der Waals surface area contributed by atoms with Crippen molar-refractivity contribution >= 4 is 33.8 Å². The summed E-state index contributed by atoms with van der Waals surface area (Å²) >= 11 is 3.36. The number of amides is 2. The SMILES string of the molecule is O=C(NCCc1ccccc1)/C(=C\c1ccc2c(c1)OCO2)NC(=O)c1cccc(Br)c1. The van der Waals surface area contributed by atoms with Gasteiger partial charge in [0, 0.05) is 16.6 Å². The summed E-state index contributed by atoms with van der Waals surface area (Å²) in [6, 6.07) is 22.2. The molecule has 2 amide bonds. The van der Waals surface area contributed by atoms with E-state index in [1.54, 1.807) is 42.5 Å². The lowest BCUT2D eigenvalue weighted by molar-refractivity contribution is -0.117. The van der Waals surface area contributed by atoms with Gasteiger partial charge in [-0.3, -0.25) is 9.59 Å². The number of hydrogen-bond acceptors (Lipinski definition) is 4. The van der Waals surface area contributed by atoms with Crippen molar-refractivity contribution in [2.24, 2.45) is 0 Å². The molecular weight excluding hydrogens is 472 g/mol. The molecule has 0 radical (unpaired) electrons. The minimum Gasteiger partial charge on any atom is -0.454 e. The summed E-state index contributed by atoms with van der Waals surface area (Å²) < 4.78 is 11.5. The summed E-state index contributed by atoms with van der Waals surface area (Å²) in [5, 5.41) is 5.63. The Morgan fingerprint density at radius 1 is 0.938 bits per heavy atom. The van der Waals surface area contributed by atoms with Gasteiger partial charge in [-0.1, -0.05) is 58.4 Å². The van der Waals surface area contributed by atoms with Crippen molar-refractivity contribution in [1.82, 2.24) is 10.6 Å². The Morgan fingerprint density at radius 3 is 2.56 bits per heavy atom. The van der Waals surface area contributed by atoms with Crippen LogP contribution in [0.5, 0.6) is 11.5 Å². The van der Waals surface area contributed by atoms with E-state index < -0.39 is 0 Å². The normalized spacial score (nSPS) is 12.3. The van der Waals surface area contributed by atoms with Crippen LogP contribution >= 0.6 is 15.9 Å². The first kappa shape index (κ1) is 21.6. The van der Waals surface area contributed by atoms with Crippen LogP contribution in [0.2, 0.25) is 0 Å². The fraction of sp³-hybridized carbons (Fsp3) is 0.120. The molecule has 0 aliphatic carbocycles. The molecule has 1 aliphatic rings. The van der Waals surface area contributed by atoms with Crippen molar-refractivity contribution in [2.75, 3.05) is 13.3 Å². The summed E-state index contributed by atoms with van der Waals surface area (Å²) in [4.78, 5) is 25.7. The van der Waals surface area contributed by atoms with Gasteiger partial charge in [0.1, 0.15) is 5.70 Å². The van der Waals surface area contributed by atoms with E-state index in [2.05, 4.69) is 26.6 Å². The second kappa shape index (κ2) is 10.2. The smallest absolute Gasteiger partial charge is 0.267 e. The first-order chi connectivity index (χ1) is 15.6. The molecule has 0 spiro atoms. The van der Waals surface area contributed by atoms with E-state index in [-0.39, 0.29) is 24.3 Å². The minimum absolute atomic E-state index is 0.141. The molecule has 32 heavy (non-hydrogen) atoms. The highest BCUT2D eigenvalue weighted by molar-refractivity contribution is 9.10. The lowest BCUT2D eigenvalue weighted by Crippen LogP contribution is -2.35. The Hall–Kier alpha value is -3.58. The standard InChI is InChI=1S/C25H21BrN2O4/c26-20-8-4-7-19(15-20)24(29)28-21(13-18-9-10-22-23(14-18)32-16-31-22)25(30)27-12-11-17-5-2-1-3-6-17/h1-10,13-15H,11-12,16H2,(H,27,30)(H,28,29)/b21-13+. The average molecular weight is 493 g/mol. The summed E-state index contributed by atoms with van der Waals surface area (Å²) in [6.07, 6.45) is 2.30. The number of hydrogen-bond donors (Lipinski definition) is 2. The van der Waals surface area contributed by atoms with Crippen molar-refractivity contribution in [2.45, 2.75) is 6.42 Å². The molecule has 0 fully saturated rings. The van der Waals surface area contributed by atoms with Crippen LogP contribution in [-0.4, -0.2) is 25.2 Å². The van der Waals surface area contributed by atoms with Crippen LogP contribution in [0.15, 0.2) is 83.0 Å². The molecule has 0 bridgehead atoms.